The molecule has 22 heavy (non-hydrogen) atoms. The van der Waals surface area contributed by atoms with Gasteiger partial charge >= 0.3 is 0 Å². The highest BCUT2D eigenvalue weighted by Gasteiger charge is 2.19. The molecule has 7 heteroatoms. The molecule has 1 atom stereocenters. The molecule has 2 aromatic rings. The maximum Gasteiger partial charge on any atom is 0.271 e. The molecule has 2 aromatic heterocycles. The Morgan fingerprint density at radius 3 is 3.14 bits per heavy atom. The highest BCUT2D eigenvalue weighted by atomic mass is 16.1. The number of carbonyl (C=O) groups is 1. The van der Waals surface area contributed by atoms with Gasteiger partial charge in [-0.1, -0.05) is 0 Å². The fraction of sp³-hybridized carbons (Fsp3) is 0.467. The van der Waals surface area contributed by atoms with Crippen LogP contribution in [-0.4, -0.2) is 38.5 Å². The number of amides is 1. The highest BCUT2D eigenvalue weighted by Crippen LogP contribution is 2.20. The van der Waals surface area contributed by atoms with Gasteiger partial charge in [0.2, 0.25) is 0 Å². The SMILES string of the molecule is Cc1nccn1CCNC(=O)c1cncc([C@@H]2CCCN2)n1. The lowest BCUT2D eigenvalue weighted by atomic mass is 10.1. The van der Waals surface area contributed by atoms with Gasteiger partial charge in [0.25, 0.3) is 5.91 Å². The Morgan fingerprint density at radius 1 is 1.50 bits per heavy atom. The van der Waals surface area contributed by atoms with Gasteiger partial charge in [-0.25, -0.2) is 9.97 Å². The molecule has 1 fully saturated rings. The standard InChI is InChI=1S/C15H20N6O/c1-11-17-5-7-21(11)8-6-19-15(22)14-10-16-9-13(20-14)12-3-2-4-18-12/h5,7,9-10,12,18H,2-4,6,8H2,1H3,(H,19,22)/t12-/m0/s1. The van der Waals surface area contributed by atoms with E-state index in [4.69, 9.17) is 0 Å². The van der Waals surface area contributed by atoms with E-state index in [1.807, 2.05) is 17.7 Å². The van der Waals surface area contributed by atoms with E-state index in [9.17, 15) is 4.79 Å². The summed E-state index contributed by atoms with van der Waals surface area (Å²) in [4.78, 5) is 24.9. The predicted octanol–water partition coefficient (Wildman–Crippen LogP) is 0.836. The van der Waals surface area contributed by atoms with E-state index in [1.54, 1.807) is 12.4 Å². The Balaban J connectivity index is 1.57. The molecular formula is C15H20N6O. The summed E-state index contributed by atoms with van der Waals surface area (Å²) in [6, 6.07) is 0.217. The summed E-state index contributed by atoms with van der Waals surface area (Å²) < 4.78 is 1.99. The van der Waals surface area contributed by atoms with Crippen molar-refractivity contribution < 1.29 is 4.79 Å². The Morgan fingerprint density at radius 2 is 2.41 bits per heavy atom. The number of nitrogens with one attached hydrogen (secondary N) is 2. The maximum absolute atomic E-state index is 12.2. The van der Waals surface area contributed by atoms with Crippen LogP contribution < -0.4 is 10.6 Å². The molecule has 1 amide bonds. The largest absolute Gasteiger partial charge is 0.349 e. The van der Waals surface area contributed by atoms with Crippen LogP contribution in [-0.2, 0) is 6.54 Å². The Hall–Kier alpha value is -2.28. The normalized spacial score (nSPS) is 17.6. The predicted molar refractivity (Wildman–Crippen MR) is 81.3 cm³/mol. The molecule has 0 unspecified atom stereocenters. The van der Waals surface area contributed by atoms with E-state index < -0.39 is 0 Å². The minimum Gasteiger partial charge on any atom is -0.349 e. The third-order valence-corrected chi connectivity index (χ3v) is 3.87. The molecule has 0 aliphatic carbocycles. The van der Waals surface area contributed by atoms with Crippen molar-refractivity contribution in [2.24, 2.45) is 0 Å². The fourth-order valence-corrected chi connectivity index (χ4v) is 2.62. The lowest BCUT2D eigenvalue weighted by molar-refractivity contribution is 0.0946. The van der Waals surface area contributed by atoms with Gasteiger partial charge < -0.3 is 15.2 Å². The fourth-order valence-electron chi connectivity index (χ4n) is 2.62. The van der Waals surface area contributed by atoms with Crippen LogP contribution in [0, 0.1) is 6.92 Å². The molecule has 0 saturated carbocycles. The number of nitrogens with zero attached hydrogens (tertiary/aromatic N) is 4. The third-order valence-electron chi connectivity index (χ3n) is 3.87. The van der Waals surface area contributed by atoms with Crippen molar-refractivity contribution in [1.29, 1.82) is 0 Å². The number of hydrogen-bond acceptors (Lipinski definition) is 5. The first-order chi connectivity index (χ1) is 10.7. The van der Waals surface area contributed by atoms with E-state index in [-0.39, 0.29) is 11.9 Å². The topological polar surface area (TPSA) is 84.7 Å². The molecular weight excluding hydrogens is 280 g/mol. The minimum absolute atomic E-state index is 0.190. The maximum atomic E-state index is 12.2. The quantitative estimate of drug-likeness (QED) is 0.854. The molecule has 1 aliphatic heterocycles. The van der Waals surface area contributed by atoms with E-state index in [0.29, 0.717) is 18.8 Å². The van der Waals surface area contributed by atoms with Crippen molar-refractivity contribution in [3.63, 3.8) is 0 Å². The molecule has 0 radical (unpaired) electrons. The number of hydrogen-bond donors (Lipinski definition) is 2. The van der Waals surface area contributed by atoms with Gasteiger partial charge in [-0.2, -0.15) is 0 Å². The summed E-state index contributed by atoms with van der Waals surface area (Å²) in [5.74, 6) is 0.744. The van der Waals surface area contributed by atoms with Crippen molar-refractivity contribution >= 4 is 5.91 Å². The number of aryl methyl sites for hydroxylation is 1. The van der Waals surface area contributed by atoms with Gasteiger partial charge in [0, 0.05) is 25.5 Å². The van der Waals surface area contributed by atoms with E-state index in [2.05, 4.69) is 25.6 Å². The second-order valence-electron chi connectivity index (χ2n) is 5.40. The van der Waals surface area contributed by atoms with Crippen molar-refractivity contribution in [3.05, 3.63) is 42.0 Å². The average molecular weight is 300 g/mol. The molecule has 116 valence electrons. The summed E-state index contributed by atoms with van der Waals surface area (Å²) in [5.41, 5.74) is 1.21. The van der Waals surface area contributed by atoms with Crippen molar-refractivity contribution in [2.45, 2.75) is 32.4 Å². The van der Waals surface area contributed by atoms with Crippen molar-refractivity contribution in [2.75, 3.05) is 13.1 Å². The zero-order valence-electron chi connectivity index (χ0n) is 12.6. The smallest absolute Gasteiger partial charge is 0.271 e. The van der Waals surface area contributed by atoms with Gasteiger partial charge in [0.05, 0.1) is 24.1 Å². The second kappa shape index (κ2) is 6.65. The van der Waals surface area contributed by atoms with E-state index >= 15 is 0 Å². The van der Waals surface area contributed by atoms with E-state index in [1.165, 1.54) is 6.20 Å². The lowest BCUT2D eigenvalue weighted by Gasteiger charge is -2.11. The van der Waals surface area contributed by atoms with E-state index in [0.717, 1.165) is 30.9 Å². The lowest BCUT2D eigenvalue weighted by Crippen LogP contribution is -2.29. The van der Waals surface area contributed by atoms with Gasteiger partial charge in [0.1, 0.15) is 11.5 Å². The zero-order chi connectivity index (χ0) is 15.4. The zero-order valence-corrected chi connectivity index (χ0v) is 12.6. The van der Waals surface area contributed by atoms with Crippen LogP contribution in [0.1, 0.15) is 40.9 Å². The molecule has 1 aliphatic rings. The van der Waals surface area contributed by atoms with Crippen molar-refractivity contribution in [1.82, 2.24) is 30.2 Å². The van der Waals surface area contributed by atoms with Crippen LogP contribution in [0.5, 0.6) is 0 Å². The number of carbonyl (C=O) groups excluding carboxylic acids is 1. The molecule has 3 rings (SSSR count). The Kier molecular flexibility index (Phi) is 4.43. The van der Waals surface area contributed by atoms with Gasteiger partial charge in [0.15, 0.2) is 0 Å². The van der Waals surface area contributed by atoms with Gasteiger partial charge in [-0.3, -0.25) is 9.78 Å². The summed E-state index contributed by atoms with van der Waals surface area (Å²) in [5, 5.41) is 6.23. The van der Waals surface area contributed by atoms with Gasteiger partial charge in [-0.05, 0) is 26.3 Å². The molecule has 0 bridgehead atoms. The summed E-state index contributed by atoms with van der Waals surface area (Å²) in [6.07, 6.45) is 9.06. The van der Waals surface area contributed by atoms with Gasteiger partial charge in [-0.15, -0.1) is 0 Å². The summed E-state index contributed by atoms with van der Waals surface area (Å²) in [6.45, 7) is 4.15. The van der Waals surface area contributed by atoms with Crippen LogP contribution in [0.4, 0.5) is 0 Å². The van der Waals surface area contributed by atoms with Crippen LogP contribution >= 0.6 is 0 Å². The first kappa shape index (κ1) is 14.6. The first-order valence-electron chi connectivity index (χ1n) is 7.55. The number of rotatable bonds is 5. The molecule has 1 saturated heterocycles. The molecule has 7 nitrogen and oxygen atoms in total. The average Bonchev–Trinajstić information content (AvgIpc) is 3.20. The van der Waals surface area contributed by atoms with Crippen LogP contribution in [0.15, 0.2) is 24.8 Å². The van der Waals surface area contributed by atoms with Crippen LogP contribution in [0.2, 0.25) is 0 Å². The van der Waals surface area contributed by atoms with Crippen molar-refractivity contribution in [3.8, 4) is 0 Å². The second-order valence-corrected chi connectivity index (χ2v) is 5.40. The molecule has 3 heterocycles. The summed E-state index contributed by atoms with van der Waals surface area (Å²) in [7, 11) is 0. The minimum atomic E-state index is -0.190. The third kappa shape index (κ3) is 3.30. The molecule has 0 spiro atoms. The molecule has 0 aromatic carbocycles. The van der Waals surface area contributed by atoms with Crippen LogP contribution in [0.3, 0.4) is 0 Å². The molecule has 2 N–H and O–H groups in total. The Labute approximate surface area is 129 Å². The number of aromatic nitrogens is 4. The number of imidazole rings is 1. The Bertz CT molecular complexity index is 647. The van der Waals surface area contributed by atoms with Crippen LogP contribution in [0.25, 0.3) is 0 Å². The summed E-state index contributed by atoms with van der Waals surface area (Å²) >= 11 is 0. The highest BCUT2D eigenvalue weighted by molar-refractivity contribution is 5.91. The monoisotopic (exact) mass is 300 g/mol. The first-order valence-corrected chi connectivity index (χ1v) is 7.55.